The van der Waals surface area contributed by atoms with Crippen LogP contribution in [0.2, 0.25) is 5.15 Å². The number of benzene rings is 1. The first kappa shape index (κ1) is 10.8. The van der Waals surface area contributed by atoms with Crippen LogP contribution >= 0.6 is 11.6 Å². The molecule has 0 spiro atoms. The second-order valence-electron chi connectivity index (χ2n) is 3.10. The van der Waals surface area contributed by atoms with Gasteiger partial charge in [0.1, 0.15) is 11.0 Å². The van der Waals surface area contributed by atoms with Gasteiger partial charge in [-0.05, 0) is 24.3 Å². The van der Waals surface area contributed by atoms with E-state index >= 15 is 0 Å². The highest BCUT2D eigenvalue weighted by atomic mass is 35.5. The monoisotopic (exact) mass is 240 g/mol. The molecule has 0 fully saturated rings. The Morgan fingerprint density at radius 3 is 2.56 bits per heavy atom. The summed E-state index contributed by atoms with van der Waals surface area (Å²) >= 11 is 5.68. The average molecular weight is 241 g/mol. The number of pyridine rings is 1. The predicted molar refractivity (Wildman–Crippen MR) is 58.9 cm³/mol. The van der Waals surface area contributed by atoms with E-state index in [2.05, 4.69) is 10.3 Å². The van der Waals surface area contributed by atoms with E-state index in [-0.39, 0.29) is 0 Å². The molecule has 16 heavy (non-hydrogen) atoms. The molecule has 0 unspecified atom stereocenters. The summed E-state index contributed by atoms with van der Waals surface area (Å²) < 4.78 is 25.6. The van der Waals surface area contributed by atoms with Gasteiger partial charge in [-0.2, -0.15) is 0 Å². The van der Waals surface area contributed by atoms with E-state index in [9.17, 15) is 8.78 Å². The van der Waals surface area contributed by atoms with Crippen molar-refractivity contribution in [2.24, 2.45) is 0 Å². The van der Waals surface area contributed by atoms with E-state index in [4.69, 9.17) is 11.6 Å². The Bertz CT molecular complexity index is 517. The van der Waals surface area contributed by atoms with Gasteiger partial charge in [0.15, 0.2) is 11.6 Å². The molecule has 0 aliphatic heterocycles. The molecule has 1 heterocycles. The minimum Gasteiger partial charge on any atom is -0.340 e. The van der Waals surface area contributed by atoms with Crippen molar-refractivity contribution in [1.29, 1.82) is 0 Å². The zero-order chi connectivity index (χ0) is 11.5. The average Bonchev–Trinajstić information content (AvgIpc) is 2.24. The highest BCUT2D eigenvalue weighted by molar-refractivity contribution is 6.29. The maximum Gasteiger partial charge on any atom is 0.160 e. The lowest BCUT2D eigenvalue weighted by atomic mass is 10.3. The zero-order valence-corrected chi connectivity index (χ0v) is 8.80. The summed E-state index contributed by atoms with van der Waals surface area (Å²) in [5.74, 6) is -1.32. The van der Waals surface area contributed by atoms with Crippen molar-refractivity contribution in [1.82, 2.24) is 4.98 Å². The Hall–Kier alpha value is -1.68. The first-order valence-corrected chi connectivity index (χ1v) is 4.87. The second-order valence-corrected chi connectivity index (χ2v) is 3.49. The minimum absolute atomic E-state index is 0.326. The van der Waals surface area contributed by atoms with Gasteiger partial charge in [-0.3, -0.25) is 0 Å². The van der Waals surface area contributed by atoms with E-state index in [1.165, 1.54) is 6.07 Å². The van der Waals surface area contributed by atoms with Crippen LogP contribution in [-0.4, -0.2) is 4.98 Å². The Morgan fingerprint density at radius 2 is 1.88 bits per heavy atom. The zero-order valence-electron chi connectivity index (χ0n) is 8.05. The van der Waals surface area contributed by atoms with E-state index in [1.807, 2.05) is 0 Å². The SMILES string of the molecule is Fc1ccc(Nc2cccc(Cl)n2)cc1F. The first-order valence-electron chi connectivity index (χ1n) is 4.50. The van der Waals surface area contributed by atoms with Crippen molar-refractivity contribution in [3.63, 3.8) is 0 Å². The summed E-state index contributed by atoms with van der Waals surface area (Å²) in [6.07, 6.45) is 0. The quantitative estimate of drug-likeness (QED) is 0.809. The van der Waals surface area contributed by atoms with Gasteiger partial charge >= 0.3 is 0 Å². The van der Waals surface area contributed by atoms with Crippen LogP contribution in [0.15, 0.2) is 36.4 Å². The van der Waals surface area contributed by atoms with Crippen LogP contribution in [-0.2, 0) is 0 Å². The van der Waals surface area contributed by atoms with Crippen LogP contribution in [0.25, 0.3) is 0 Å². The highest BCUT2D eigenvalue weighted by Crippen LogP contribution is 2.18. The first-order chi connectivity index (χ1) is 7.65. The van der Waals surface area contributed by atoms with Crippen molar-refractivity contribution in [3.05, 3.63) is 53.2 Å². The van der Waals surface area contributed by atoms with Gasteiger partial charge in [0.25, 0.3) is 0 Å². The fourth-order valence-corrected chi connectivity index (χ4v) is 1.36. The standard InChI is InChI=1S/C11H7ClF2N2/c12-10-2-1-3-11(16-10)15-7-4-5-8(13)9(14)6-7/h1-6H,(H,15,16). The summed E-state index contributed by atoms with van der Waals surface area (Å²) in [6.45, 7) is 0. The fraction of sp³-hybridized carbons (Fsp3) is 0. The summed E-state index contributed by atoms with van der Waals surface area (Å²) in [5, 5.41) is 3.14. The molecule has 0 aliphatic rings. The topological polar surface area (TPSA) is 24.9 Å². The second kappa shape index (κ2) is 4.45. The number of nitrogens with zero attached hydrogens (tertiary/aromatic N) is 1. The smallest absolute Gasteiger partial charge is 0.160 e. The van der Waals surface area contributed by atoms with Crippen LogP contribution in [0, 0.1) is 11.6 Å². The summed E-state index contributed by atoms with van der Waals surface area (Å²) in [6, 6.07) is 8.52. The molecule has 2 rings (SSSR count). The van der Waals surface area contributed by atoms with Gasteiger partial charge in [-0.1, -0.05) is 17.7 Å². The van der Waals surface area contributed by atoms with E-state index in [0.717, 1.165) is 12.1 Å². The van der Waals surface area contributed by atoms with Gasteiger partial charge in [-0.15, -0.1) is 0 Å². The van der Waals surface area contributed by atoms with Crippen LogP contribution < -0.4 is 5.32 Å². The van der Waals surface area contributed by atoms with Crippen LogP contribution in [0.5, 0.6) is 0 Å². The molecule has 1 N–H and O–H groups in total. The summed E-state index contributed by atoms with van der Waals surface area (Å²) in [7, 11) is 0. The predicted octanol–water partition coefficient (Wildman–Crippen LogP) is 3.76. The maximum absolute atomic E-state index is 12.9. The van der Waals surface area contributed by atoms with Gasteiger partial charge in [0.2, 0.25) is 0 Å². The third-order valence-electron chi connectivity index (χ3n) is 1.91. The Labute approximate surface area is 95.9 Å². The van der Waals surface area contributed by atoms with Crippen molar-refractivity contribution in [2.75, 3.05) is 5.32 Å². The Balaban J connectivity index is 2.24. The molecule has 5 heteroatoms. The third-order valence-corrected chi connectivity index (χ3v) is 2.12. The number of hydrogen-bond acceptors (Lipinski definition) is 2. The van der Waals surface area contributed by atoms with Gasteiger partial charge in [-0.25, -0.2) is 13.8 Å². The molecule has 0 amide bonds. The van der Waals surface area contributed by atoms with Gasteiger partial charge in [0.05, 0.1) is 0 Å². The molecule has 82 valence electrons. The van der Waals surface area contributed by atoms with Crippen LogP contribution in [0.4, 0.5) is 20.3 Å². The fourth-order valence-electron chi connectivity index (χ4n) is 1.20. The number of nitrogens with one attached hydrogen (secondary N) is 1. The van der Waals surface area contributed by atoms with E-state index in [0.29, 0.717) is 16.7 Å². The lowest BCUT2D eigenvalue weighted by Gasteiger charge is -2.05. The summed E-state index contributed by atoms with van der Waals surface area (Å²) in [4.78, 5) is 3.96. The van der Waals surface area contributed by atoms with Crippen LogP contribution in [0.3, 0.4) is 0 Å². The molecule has 2 aromatic rings. The molecule has 1 aromatic heterocycles. The molecule has 0 radical (unpaired) electrons. The van der Waals surface area contributed by atoms with E-state index in [1.54, 1.807) is 18.2 Å². The molecular weight excluding hydrogens is 234 g/mol. The molecule has 0 saturated heterocycles. The molecule has 1 aromatic carbocycles. The van der Waals surface area contributed by atoms with Crippen molar-refractivity contribution in [2.45, 2.75) is 0 Å². The number of halogens is 3. The number of hydrogen-bond donors (Lipinski definition) is 1. The van der Waals surface area contributed by atoms with Crippen molar-refractivity contribution in [3.8, 4) is 0 Å². The molecule has 0 saturated carbocycles. The normalized spacial score (nSPS) is 10.2. The largest absolute Gasteiger partial charge is 0.340 e. The molecule has 0 bridgehead atoms. The maximum atomic E-state index is 12.9. The molecule has 2 nitrogen and oxygen atoms in total. The number of anilines is 2. The summed E-state index contributed by atoms with van der Waals surface area (Å²) in [5.41, 5.74) is 0.411. The van der Waals surface area contributed by atoms with Gasteiger partial charge < -0.3 is 5.32 Å². The third kappa shape index (κ3) is 2.46. The molecule has 0 atom stereocenters. The Morgan fingerprint density at radius 1 is 1.06 bits per heavy atom. The minimum atomic E-state index is -0.910. The van der Waals surface area contributed by atoms with Gasteiger partial charge in [0, 0.05) is 11.8 Å². The molecular formula is C11H7ClF2N2. The van der Waals surface area contributed by atoms with E-state index < -0.39 is 11.6 Å². The number of rotatable bonds is 2. The number of aromatic nitrogens is 1. The van der Waals surface area contributed by atoms with Crippen LogP contribution in [0.1, 0.15) is 0 Å². The van der Waals surface area contributed by atoms with Crippen molar-refractivity contribution >= 4 is 23.1 Å². The molecule has 0 aliphatic carbocycles. The highest BCUT2D eigenvalue weighted by Gasteiger charge is 2.03. The lowest BCUT2D eigenvalue weighted by Crippen LogP contribution is -1.94. The van der Waals surface area contributed by atoms with Crippen molar-refractivity contribution < 1.29 is 8.78 Å². The lowest BCUT2D eigenvalue weighted by molar-refractivity contribution is 0.509. The Kier molecular flexibility index (Phi) is 3.01.